The van der Waals surface area contributed by atoms with Crippen molar-refractivity contribution in [3.63, 3.8) is 0 Å². The molecule has 0 unspecified atom stereocenters. The fourth-order valence-corrected chi connectivity index (χ4v) is 3.11. The van der Waals surface area contributed by atoms with Gasteiger partial charge in [0.2, 0.25) is 0 Å². The van der Waals surface area contributed by atoms with Crippen molar-refractivity contribution in [2.24, 2.45) is 0 Å². The molecule has 168 valence electrons. The molecule has 2 aromatic carbocycles. The SMILES string of the molecule is CC1(C)OB(C(=Cc2cc(C=O)ccc2O)CNC(=O)OCc2ccccc2)OC1(C)C. The van der Waals surface area contributed by atoms with Crippen molar-refractivity contribution in [1.82, 2.24) is 5.32 Å². The molecule has 2 N–H and O–H groups in total. The second kappa shape index (κ2) is 9.59. The predicted molar refractivity (Wildman–Crippen MR) is 122 cm³/mol. The first-order valence-electron chi connectivity index (χ1n) is 10.4. The molecule has 1 heterocycles. The van der Waals surface area contributed by atoms with Crippen molar-refractivity contribution in [1.29, 1.82) is 0 Å². The molecule has 1 aliphatic rings. The monoisotopic (exact) mass is 437 g/mol. The average molecular weight is 437 g/mol. The third-order valence-corrected chi connectivity index (χ3v) is 5.73. The molecule has 0 atom stereocenters. The number of hydrogen-bond donors (Lipinski definition) is 2. The van der Waals surface area contributed by atoms with Crippen LogP contribution in [0.5, 0.6) is 5.75 Å². The van der Waals surface area contributed by atoms with E-state index in [4.69, 9.17) is 14.0 Å². The molecule has 0 saturated carbocycles. The third-order valence-electron chi connectivity index (χ3n) is 5.73. The molecule has 32 heavy (non-hydrogen) atoms. The highest BCUT2D eigenvalue weighted by molar-refractivity contribution is 6.56. The van der Waals surface area contributed by atoms with Crippen molar-refractivity contribution in [2.45, 2.75) is 45.5 Å². The van der Waals surface area contributed by atoms with Crippen LogP contribution in [-0.2, 0) is 20.7 Å². The van der Waals surface area contributed by atoms with Gasteiger partial charge in [0.1, 0.15) is 18.6 Å². The van der Waals surface area contributed by atoms with E-state index < -0.39 is 24.4 Å². The summed E-state index contributed by atoms with van der Waals surface area (Å²) >= 11 is 0. The molecular formula is C24H28BNO6. The van der Waals surface area contributed by atoms with Gasteiger partial charge < -0.3 is 24.5 Å². The first-order valence-corrected chi connectivity index (χ1v) is 10.4. The van der Waals surface area contributed by atoms with E-state index in [-0.39, 0.29) is 18.9 Å². The van der Waals surface area contributed by atoms with E-state index in [0.717, 1.165) is 5.56 Å². The summed E-state index contributed by atoms with van der Waals surface area (Å²) in [7, 11) is -0.756. The molecular weight excluding hydrogens is 409 g/mol. The number of aldehydes is 1. The van der Waals surface area contributed by atoms with Crippen molar-refractivity contribution < 1.29 is 28.7 Å². The van der Waals surface area contributed by atoms with E-state index in [1.165, 1.54) is 12.1 Å². The van der Waals surface area contributed by atoms with Crippen LogP contribution in [0.2, 0.25) is 0 Å². The van der Waals surface area contributed by atoms with Gasteiger partial charge in [0.25, 0.3) is 0 Å². The smallest absolute Gasteiger partial charge is 0.492 e. The van der Waals surface area contributed by atoms with Crippen LogP contribution in [0.3, 0.4) is 0 Å². The summed E-state index contributed by atoms with van der Waals surface area (Å²) in [6.07, 6.45) is 1.76. The van der Waals surface area contributed by atoms with Gasteiger partial charge in [0, 0.05) is 17.7 Å². The Kier molecular flexibility index (Phi) is 7.06. The molecule has 0 aromatic heterocycles. The molecule has 0 aliphatic carbocycles. The molecule has 1 saturated heterocycles. The summed E-state index contributed by atoms with van der Waals surface area (Å²) in [5.41, 5.74) is 1.10. The maximum absolute atomic E-state index is 12.3. The van der Waals surface area contributed by atoms with Crippen molar-refractivity contribution in [3.8, 4) is 5.75 Å². The lowest BCUT2D eigenvalue weighted by molar-refractivity contribution is 0.00578. The number of rotatable bonds is 7. The Morgan fingerprint density at radius 2 is 1.75 bits per heavy atom. The second-order valence-electron chi connectivity index (χ2n) is 8.66. The zero-order valence-corrected chi connectivity index (χ0v) is 18.8. The van der Waals surface area contributed by atoms with Crippen molar-refractivity contribution in [2.75, 3.05) is 6.54 Å². The minimum Gasteiger partial charge on any atom is -0.507 e. The van der Waals surface area contributed by atoms with E-state index in [9.17, 15) is 14.7 Å². The Morgan fingerprint density at radius 1 is 1.09 bits per heavy atom. The third kappa shape index (κ3) is 5.58. The minimum atomic E-state index is -0.756. The molecule has 8 heteroatoms. The number of carbonyl (C=O) groups excluding carboxylic acids is 2. The van der Waals surface area contributed by atoms with Gasteiger partial charge in [-0.15, -0.1) is 0 Å². The van der Waals surface area contributed by atoms with E-state index in [0.29, 0.717) is 22.9 Å². The summed E-state index contributed by atoms with van der Waals surface area (Å²) < 4.78 is 17.5. The number of hydrogen-bond acceptors (Lipinski definition) is 6. The summed E-state index contributed by atoms with van der Waals surface area (Å²) in [5, 5.41) is 13.0. The molecule has 2 aromatic rings. The summed E-state index contributed by atoms with van der Waals surface area (Å²) in [4.78, 5) is 23.4. The topological polar surface area (TPSA) is 94.1 Å². The lowest BCUT2D eigenvalue weighted by Gasteiger charge is -2.32. The Labute approximate surface area is 188 Å². The number of phenolic OH excluding ortho intramolecular Hbond substituents is 1. The fraction of sp³-hybridized carbons (Fsp3) is 0.333. The van der Waals surface area contributed by atoms with Gasteiger partial charge in [0.15, 0.2) is 0 Å². The van der Waals surface area contributed by atoms with Gasteiger partial charge in [-0.25, -0.2) is 4.79 Å². The number of amides is 1. The summed E-state index contributed by atoms with van der Waals surface area (Å²) in [5.74, 6) is -0.00345. The first kappa shape index (κ1) is 23.6. The first-order chi connectivity index (χ1) is 15.1. The zero-order valence-electron chi connectivity index (χ0n) is 18.8. The molecule has 1 amide bonds. The van der Waals surface area contributed by atoms with Crippen LogP contribution in [0.15, 0.2) is 54.0 Å². The van der Waals surface area contributed by atoms with Gasteiger partial charge in [-0.2, -0.15) is 0 Å². The molecule has 0 bridgehead atoms. The molecule has 7 nitrogen and oxygen atoms in total. The number of alkyl carbamates (subject to hydrolysis) is 1. The molecule has 1 aliphatic heterocycles. The number of ether oxygens (including phenoxy) is 1. The van der Waals surface area contributed by atoms with Gasteiger partial charge >= 0.3 is 13.2 Å². The van der Waals surface area contributed by atoms with Crippen LogP contribution in [-0.4, -0.2) is 42.4 Å². The predicted octanol–water partition coefficient (Wildman–Crippen LogP) is 4.15. The van der Waals surface area contributed by atoms with Gasteiger partial charge in [-0.05, 0) is 56.9 Å². The summed E-state index contributed by atoms with van der Waals surface area (Å²) in [6, 6.07) is 13.9. The van der Waals surface area contributed by atoms with Crippen LogP contribution in [0, 0.1) is 0 Å². The number of nitrogens with one attached hydrogen (secondary N) is 1. The van der Waals surface area contributed by atoms with Gasteiger partial charge in [-0.3, -0.25) is 4.79 Å². The number of carbonyl (C=O) groups is 2. The minimum absolute atomic E-state index is 0.00345. The van der Waals surface area contributed by atoms with Gasteiger partial charge in [-0.1, -0.05) is 36.4 Å². The number of benzene rings is 2. The van der Waals surface area contributed by atoms with Crippen LogP contribution in [0.4, 0.5) is 4.79 Å². The Bertz CT molecular complexity index is 987. The quantitative estimate of drug-likeness (QED) is 0.500. The average Bonchev–Trinajstić information content (AvgIpc) is 2.98. The van der Waals surface area contributed by atoms with Crippen LogP contribution < -0.4 is 5.32 Å². The Balaban J connectivity index is 1.78. The van der Waals surface area contributed by atoms with E-state index in [2.05, 4.69) is 5.32 Å². The van der Waals surface area contributed by atoms with E-state index in [1.54, 1.807) is 12.1 Å². The highest BCUT2D eigenvalue weighted by Gasteiger charge is 2.52. The molecule has 0 radical (unpaired) electrons. The molecule has 1 fully saturated rings. The zero-order chi connectivity index (χ0) is 23.4. The number of aromatic hydroxyl groups is 1. The lowest BCUT2D eigenvalue weighted by atomic mass is 9.77. The Hall–Kier alpha value is -3.10. The van der Waals surface area contributed by atoms with Crippen LogP contribution in [0.1, 0.15) is 49.2 Å². The normalized spacial score (nSPS) is 17.1. The highest BCUT2D eigenvalue weighted by Crippen LogP contribution is 2.39. The van der Waals surface area contributed by atoms with Crippen molar-refractivity contribution >= 4 is 25.6 Å². The van der Waals surface area contributed by atoms with E-state index >= 15 is 0 Å². The fourth-order valence-electron chi connectivity index (χ4n) is 3.11. The maximum Gasteiger partial charge on any atom is 0.492 e. The number of phenols is 1. The Morgan fingerprint density at radius 3 is 2.38 bits per heavy atom. The standard InChI is InChI=1S/C24H28BNO6/c1-23(2)24(3,4)32-25(31-23)20(13-19-12-18(15-27)10-11-21(19)28)14-26-22(29)30-16-17-8-6-5-7-9-17/h5-13,15,28H,14,16H2,1-4H3,(H,26,29). The maximum atomic E-state index is 12.3. The molecule has 0 spiro atoms. The van der Waals surface area contributed by atoms with Crippen LogP contribution >= 0.6 is 0 Å². The largest absolute Gasteiger partial charge is 0.507 e. The van der Waals surface area contributed by atoms with E-state index in [1.807, 2.05) is 58.0 Å². The summed E-state index contributed by atoms with van der Waals surface area (Å²) in [6.45, 7) is 7.92. The molecule has 3 rings (SSSR count). The lowest BCUT2D eigenvalue weighted by Crippen LogP contribution is -2.41. The second-order valence-corrected chi connectivity index (χ2v) is 8.66. The van der Waals surface area contributed by atoms with Crippen LogP contribution in [0.25, 0.3) is 6.08 Å². The highest BCUT2D eigenvalue weighted by atomic mass is 16.7. The van der Waals surface area contributed by atoms with Crippen molar-refractivity contribution in [3.05, 3.63) is 70.7 Å². The van der Waals surface area contributed by atoms with Gasteiger partial charge in [0.05, 0.1) is 11.2 Å².